The molecule has 94 valence electrons. The lowest BCUT2D eigenvalue weighted by Gasteiger charge is -2.20. The fourth-order valence-electron chi connectivity index (χ4n) is 1.86. The molecule has 0 spiro atoms. The first-order chi connectivity index (χ1) is 8.56. The molecule has 0 radical (unpaired) electrons. The Kier molecular flexibility index (Phi) is 3.46. The van der Waals surface area contributed by atoms with Gasteiger partial charge < -0.3 is 10.6 Å². The molecule has 2 aromatic heterocycles. The zero-order valence-electron chi connectivity index (χ0n) is 11.0. The largest absolute Gasteiger partial charge is 0.396 e. The second-order valence-corrected chi connectivity index (χ2v) is 4.49. The number of hydrogen-bond acceptors (Lipinski definition) is 4. The first-order valence-electron chi connectivity index (χ1n) is 5.93. The molecule has 2 N–H and O–H groups in total. The van der Waals surface area contributed by atoms with Crippen LogP contribution in [0.1, 0.15) is 17.1 Å². The summed E-state index contributed by atoms with van der Waals surface area (Å²) in [6.45, 7) is 4.65. The molecule has 18 heavy (non-hydrogen) atoms. The van der Waals surface area contributed by atoms with Gasteiger partial charge in [0.15, 0.2) is 5.82 Å². The number of aryl methyl sites for hydroxylation is 2. The van der Waals surface area contributed by atoms with Gasteiger partial charge in [-0.25, -0.2) is 4.98 Å². The SMILES string of the molecule is Cc1cccc(CN(C)c2nc(C)ccc2N)n1. The lowest BCUT2D eigenvalue weighted by atomic mass is 10.3. The summed E-state index contributed by atoms with van der Waals surface area (Å²) in [5, 5.41) is 0. The molecule has 0 aliphatic heterocycles. The number of anilines is 2. The lowest BCUT2D eigenvalue weighted by Crippen LogP contribution is -2.20. The predicted octanol–water partition coefficient (Wildman–Crippen LogP) is 2.31. The number of hydrogen-bond donors (Lipinski definition) is 1. The van der Waals surface area contributed by atoms with Crippen LogP contribution in [0.5, 0.6) is 0 Å². The predicted molar refractivity (Wildman–Crippen MR) is 74.5 cm³/mol. The van der Waals surface area contributed by atoms with E-state index in [9.17, 15) is 0 Å². The van der Waals surface area contributed by atoms with Crippen molar-refractivity contribution in [3.05, 3.63) is 47.4 Å². The van der Waals surface area contributed by atoms with Gasteiger partial charge in [-0.3, -0.25) is 4.98 Å². The third-order valence-corrected chi connectivity index (χ3v) is 2.75. The number of rotatable bonds is 3. The molecule has 0 aliphatic rings. The average Bonchev–Trinajstić information content (AvgIpc) is 2.32. The molecule has 2 heterocycles. The van der Waals surface area contributed by atoms with Gasteiger partial charge in [-0.1, -0.05) is 6.07 Å². The zero-order chi connectivity index (χ0) is 13.1. The van der Waals surface area contributed by atoms with E-state index in [4.69, 9.17) is 5.73 Å². The molecule has 2 aromatic rings. The number of pyridine rings is 2. The van der Waals surface area contributed by atoms with Crippen LogP contribution < -0.4 is 10.6 Å². The van der Waals surface area contributed by atoms with Gasteiger partial charge in [0.25, 0.3) is 0 Å². The van der Waals surface area contributed by atoms with Gasteiger partial charge in [-0.05, 0) is 38.1 Å². The highest BCUT2D eigenvalue weighted by atomic mass is 15.2. The molecule has 0 bridgehead atoms. The maximum atomic E-state index is 5.95. The van der Waals surface area contributed by atoms with Gasteiger partial charge in [-0.2, -0.15) is 0 Å². The Labute approximate surface area is 107 Å². The summed E-state index contributed by atoms with van der Waals surface area (Å²) >= 11 is 0. The van der Waals surface area contributed by atoms with Crippen LogP contribution >= 0.6 is 0 Å². The summed E-state index contributed by atoms with van der Waals surface area (Å²) in [5.74, 6) is 0.804. The van der Waals surface area contributed by atoms with Crippen LogP contribution in [0.3, 0.4) is 0 Å². The second-order valence-electron chi connectivity index (χ2n) is 4.49. The Morgan fingerprint density at radius 3 is 2.50 bits per heavy atom. The molecular formula is C14H18N4. The molecule has 0 amide bonds. The van der Waals surface area contributed by atoms with E-state index in [-0.39, 0.29) is 0 Å². The molecule has 0 aromatic carbocycles. The van der Waals surface area contributed by atoms with Crippen LogP contribution in [0.2, 0.25) is 0 Å². The number of nitrogens with zero attached hydrogens (tertiary/aromatic N) is 3. The van der Waals surface area contributed by atoms with Gasteiger partial charge in [0.05, 0.1) is 17.9 Å². The highest BCUT2D eigenvalue weighted by Crippen LogP contribution is 2.20. The molecule has 4 nitrogen and oxygen atoms in total. The van der Waals surface area contributed by atoms with Crippen molar-refractivity contribution in [1.29, 1.82) is 0 Å². The average molecular weight is 242 g/mol. The Balaban J connectivity index is 2.21. The molecule has 2 rings (SSSR count). The third kappa shape index (κ3) is 2.77. The number of nitrogens with two attached hydrogens (primary N) is 1. The maximum absolute atomic E-state index is 5.95. The number of nitrogen functional groups attached to an aromatic ring is 1. The van der Waals surface area contributed by atoms with Crippen molar-refractivity contribution in [2.45, 2.75) is 20.4 Å². The van der Waals surface area contributed by atoms with E-state index >= 15 is 0 Å². The van der Waals surface area contributed by atoms with E-state index in [2.05, 4.69) is 9.97 Å². The minimum Gasteiger partial charge on any atom is -0.396 e. The smallest absolute Gasteiger partial charge is 0.152 e. The quantitative estimate of drug-likeness (QED) is 0.897. The summed E-state index contributed by atoms with van der Waals surface area (Å²) in [6, 6.07) is 9.81. The van der Waals surface area contributed by atoms with Crippen LogP contribution in [0.4, 0.5) is 11.5 Å². The van der Waals surface area contributed by atoms with E-state index in [1.807, 2.05) is 56.1 Å². The van der Waals surface area contributed by atoms with Crippen LogP contribution in [0, 0.1) is 13.8 Å². The highest BCUT2D eigenvalue weighted by Gasteiger charge is 2.08. The molecule has 0 fully saturated rings. The molecule has 0 saturated heterocycles. The van der Waals surface area contributed by atoms with E-state index < -0.39 is 0 Å². The molecule has 0 saturated carbocycles. The Morgan fingerprint density at radius 1 is 1.06 bits per heavy atom. The molecular weight excluding hydrogens is 224 g/mol. The van der Waals surface area contributed by atoms with Gasteiger partial charge in [0, 0.05) is 18.4 Å². The number of aromatic nitrogens is 2. The van der Waals surface area contributed by atoms with Crippen LogP contribution in [0.25, 0.3) is 0 Å². The van der Waals surface area contributed by atoms with Crippen molar-refractivity contribution in [2.75, 3.05) is 17.7 Å². The summed E-state index contributed by atoms with van der Waals surface area (Å²) in [5.41, 5.74) is 9.63. The van der Waals surface area contributed by atoms with Crippen molar-refractivity contribution in [3.8, 4) is 0 Å². The molecule has 0 atom stereocenters. The van der Waals surface area contributed by atoms with Gasteiger partial charge in [0.1, 0.15) is 0 Å². The van der Waals surface area contributed by atoms with Gasteiger partial charge in [0.2, 0.25) is 0 Å². The van der Waals surface area contributed by atoms with Crippen molar-refractivity contribution in [2.24, 2.45) is 0 Å². The Hall–Kier alpha value is -2.10. The summed E-state index contributed by atoms with van der Waals surface area (Å²) in [7, 11) is 1.97. The Bertz CT molecular complexity index is 551. The zero-order valence-corrected chi connectivity index (χ0v) is 11.0. The minimum atomic E-state index is 0.691. The van der Waals surface area contributed by atoms with E-state index in [0.29, 0.717) is 12.2 Å². The highest BCUT2D eigenvalue weighted by molar-refractivity contribution is 5.62. The van der Waals surface area contributed by atoms with Crippen LogP contribution in [-0.4, -0.2) is 17.0 Å². The van der Waals surface area contributed by atoms with Crippen molar-refractivity contribution >= 4 is 11.5 Å². The normalized spacial score (nSPS) is 10.4. The van der Waals surface area contributed by atoms with Crippen molar-refractivity contribution < 1.29 is 0 Å². The Morgan fingerprint density at radius 2 is 1.78 bits per heavy atom. The lowest BCUT2D eigenvalue weighted by molar-refractivity contribution is 0.857. The standard InChI is InChI=1S/C14H18N4/c1-10-5-4-6-12(16-10)9-18(3)14-13(15)8-7-11(2)17-14/h4-8H,9,15H2,1-3H3. The maximum Gasteiger partial charge on any atom is 0.152 e. The first-order valence-corrected chi connectivity index (χ1v) is 5.93. The molecule has 4 heteroatoms. The minimum absolute atomic E-state index is 0.691. The topological polar surface area (TPSA) is 55.0 Å². The summed E-state index contributed by atoms with van der Waals surface area (Å²) in [4.78, 5) is 11.0. The molecule has 0 aliphatic carbocycles. The van der Waals surface area contributed by atoms with E-state index in [0.717, 1.165) is 22.9 Å². The van der Waals surface area contributed by atoms with Crippen molar-refractivity contribution in [1.82, 2.24) is 9.97 Å². The van der Waals surface area contributed by atoms with Crippen molar-refractivity contribution in [3.63, 3.8) is 0 Å². The summed E-state index contributed by atoms with van der Waals surface area (Å²) in [6.07, 6.45) is 0. The van der Waals surface area contributed by atoms with Crippen LogP contribution in [0.15, 0.2) is 30.3 Å². The molecule has 0 unspecified atom stereocenters. The fraction of sp³-hybridized carbons (Fsp3) is 0.286. The van der Waals surface area contributed by atoms with E-state index in [1.165, 1.54) is 0 Å². The summed E-state index contributed by atoms with van der Waals surface area (Å²) < 4.78 is 0. The third-order valence-electron chi connectivity index (χ3n) is 2.75. The second kappa shape index (κ2) is 5.04. The van der Waals surface area contributed by atoms with Crippen LogP contribution in [-0.2, 0) is 6.54 Å². The fourth-order valence-corrected chi connectivity index (χ4v) is 1.86. The first kappa shape index (κ1) is 12.4. The monoisotopic (exact) mass is 242 g/mol. The van der Waals surface area contributed by atoms with Gasteiger partial charge >= 0.3 is 0 Å². The van der Waals surface area contributed by atoms with E-state index in [1.54, 1.807) is 0 Å². The van der Waals surface area contributed by atoms with Gasteiger partial charge in [-0.15, -0.1) is 0 Å².